The smallest absolute Gasteiger partial charge is 0.212 e. The van der Waals surface area contributed by atoms with Crippen molar-refractivity contribution < 1.29 is 28.5 Å². The van der Waals surface area contributed by atoms with Crippen molar-refractivity contribution in [2.75, 3.05) is 0 Å². The second-order valence-corrected chi connectivity index (χ2v) is 8.20. The van der Waals surface area contributed by atoms with Gasteiger partial charge in [-0.1, -0.05) is 87.4 Å². The van der Waals surface area contributed by atoms with E-state index >= 15 is 0 Å². The maximum Gasteiger partial charge on any atom is 0.212 e. The predicted octanol–water partition coefficient (Wildman–Crippen LogP) is 3.94. The minimum absolute atomic E-state index is 0. The van der Waals surface area contributed by atoms with Gasteiger partial charge in [0.2, 0.25) is 5.52 Å². The van der Waals surface area contributed by atoms with Crippen LogP contribution in [0.1, 0.15) is 57.8 Å². The van der Waals surface area contributed by atoms with Crippen LogP contribution >= 0.6 is 0 Å². The van der Waals surface area contributed by atoms with Crippen molar-refractivity contribution in [2.45, 2.75) is 64.3 Å². The number of fused-ring (bicyclic) bond motifs is 1. The Morgan fingerprint density at radius 2 is 1.50 bits per heavy atom. The largest absolute Gasteiger partial charge is 1.00 e. The number of hydrogen-bond donors (Lipinski definition) is 0. The molecule has 0 spiro atoms. The molecule has 3 aromatic rings. The van der Waals surface area contributed by atoms with E-state index < -0.39 is 0 Å². The third-order valence-corrected chi connectivity index (χ3v) is 6.20. The molecule has 0 unspecified atom stereocenters. The molecule has 2 heteroatoms. The van der Waals surface area contributed by atoms with Gasteiger partial charge in [-0.05, 0) is 30.0 Å². The zero-order valence-electron chi connectivity index (χ0n) is 16.8. The Morgan fingerprint density at radius 1 is 0.750 bits per heavy atom. The molecule has 4 rings (SSSR count). The summed E-state index contributed by atoms with van der Waals surface area (Å²) in [5, 5.41) is 1.33. The van der Waals surface area contributed by atoms with E-state index in [4.69, 9.17) is 0 Å². The van der Waals surface area contributed by atoms with Gasteiger partial charge in [0.15, 0.2) is 6.20 Å². The molecule has 0 saturated heterocycles. The molecule has 1 heterocycles. The van der Waals surface area contributed by atoms with Crippen LogP contribution in [0.15, 0.2) is 66.9 Å². The van der Waals surface area contributed by atoms with Crippen molar-refractivity contribution >= 4 is 10.9 Å². The van der Waals surface area contributed by atoms with Crippen LogP contribution in [-0.2, 0) is 6.54 Å². The lowest BCUT2D eigenvalue weighted by Gasteiger charge is -2.21. The van der Waals surface area contributed by atoms with Gasteiger partial charge in [-0.15, -0.1) is 0 Å². The number of para-hydroxylation sites is 1. The highest BCUT2D eigenvalue weighted by atomic mass is 127. The predicted molar refractivity (Wildman–Crippen MR) is 115 cm³/mol. The van der Waals surface area contributed by atoms with E-state index in [1.807, 2.05) is 0 Å². The van der Waals surface area contributed by atoms with E-state index in [0.29, 0.717) is 0 Å². The summed E-state index contributed by atoms with van der Waals surface area (Å²) < 4.78 is 2.47. The van der Waals surface area contributed by atoms with E-state index in [-0.39, 0.29) is 24.0 Å². The summed E-state index contributed by atoms with van der Waals surface area (Å²) in [7, 11) is 0. The van der Waals surface area contributed by atoms with Crippen molar-refractivity contribution in [1.82, 2.24) is 0 Å². The summed E-state index contributed by atoms with van der Waals surface area (Å²) in [6, 6.07) is 21.9. The van der Waals surface area contributed by atoms with Crippen LogP contribution in [0.25, 0.3) is 22.0 Å². The number of nitrogens with zero attached hydrogens (tertiary/aromatic N) is 1. The lowest BCUT2D eigenvalue weighted by Crippen LogP contribution is -3.00. The van der Waals surface area contributed by atoms with Gasteiger partial charge < -0.3 is 24.0 Å². The van der Waals surface area contributed by atoms with Crippen molar-refractivity contribution in [3.63, 3.8) is 0 Å². The first-order chi connectivity index (χ1) is 13.4. The number of benzene rings is 2. The van der Waals surface area contributed by atoms with Crippen LogP contribution in [0.5, 0.6) is 0 Å². The fraction of sp³-hybridized carbons (Fsp3) is 0.423. The highest BCUT2D eigenvalue weighted by Crippen LogP contribution is 2.28. The minimum atomic E-state index is 0. The van der Waals surface area contributed by atoms with Crippen molar-refractivity contribution in [3.05, 3.63) is 66.9 Å². The molecule has 0 amide bonds. The number of halogens is 1. The second-order valence-electron chi connectivity index (χ2n) is 8.20. The molecule has 148 valence electrons. The molecule has 1 aromatic heterocycles. The second kappa shape index (κ2) is 10.9. The summed E-state index contributed by atoms with van der Waals surface area (Å²) in [5.74, 6) is 1.02. The van der Waals surface area contributed by atoms with Gasteiger partial charge in [-0.25, -0.2) is 0 Å². The molecule has 1 saturated carbocycles. The summed E-state index contributed by atoms with van der Waals surface area (Å²) in [6.07, 6.45) is 15.2. The van der Waals surface area contributed by atoms with Gasteiger partial charge in [0.05, 0.1) is 0 Å². The molecule has 0 bridgehead atoms. The first kappa shape index (κ1) is 21.3. The summed E-state index contributed by atoms with van der Waals surface area (Å²) in [4.78, 5) is 0. The summed E-state index contributed by atoms with van der Waals surface area (Å²) in [5.41, 5.74) is 3.97. The van der Waals surface area contributed by atoms with E-state index in [2.05, 4.69) is 71.4 Å². The number of unbranched alkanes of at least 4 members (excludes halogenated alkanes) is 2. The summed E-state index contributed by atoms with van der Waals surface area (Å²) in [6.45, 7) is 1.12. The standard InChI is InChI=1S/C26H32N.HI/c1-4-12-22(13-5-1)14-6-3-11-19-27-21-25(23-15-7-2-8-16-23)20-24-17-9-10-18-26(24)27;/h2,7-10,15-18,20-22H,1,3-6,11-14,19H2;1H/q+1;/p-1. The van der Waals surface area contributed by atoms with Crippen molar-refractivity contribution in [2.24, 2.45) is 5.92 Å². The number of hydrogen-bond acceptors (Lipinski definition) is 0. The van der Waals surface area contributed by atoms with Gasteiger partial charge in [-0.3, -0.25) is 0 Å². The molecule has 1 aliphatic rings. The van der Waals surface area contributed by atoms with Gasteiger partial charge in [0.25, 0.3) is 0 Å². The van der Waals surface area contributed by atoms with Crippen molar-refractivity contribution in [1.29, 1.82) is 0 Å². The molecular formula is C26H32IN. The number of rotatable bonds is 7. The number of aryl methyl sites for hydroxylation is 1. The van der Waals surface area contributed by atoms with Crippen LogP contribution < -0.4 is 28.5 Å². The Kier molecular flexibility index (Phi) is 8.32. The third kappa shape index (κ3) is 5.56. The van der Waals surface area contributed by atoms with Crippen LogP contribution in [0.2, 0.25) is 0 Å². The highest BCUT2D eigenvalue weighted by molar-refractivity contribution is 5.80. The van der Waals surface area contributed by atoms with Crippen LogP contribution in [0.3, 0.4) is 0 Å². The Bertz CT molecular complexity index is 853. The number of pyridine rings is 1. The monoisotopic (exact) mass is 485 g/mol. The quantitative estimate of drug-likeness (QED) is 0.271. The Labute approximate surface area is 187 Å². The summed E-state index contributed by atoms with van der Waals surface area (Å²) >= 11 is 0. The maximum atomic E-state index is 2.47. The lowest BCUT2D eigenvalue weighted by molar-refractivity contribution is -0.671. The lowest BCUT2D eigenvalue weighted by atomic mass is 9.85. The SMILES string of the molecule is [I-].c1ccc(-c2cc3ccccc3[n+](CCCCCC3CCCCC3)c2)cc1. The van der Waals surface area contributed by atoms with Gasteiger partial charge >= 0.3 is 0 Å². The first-order valence-electron chi connectivity index (χ1n) is 10.9. The Balaban J connectivity index is 0.00000225. The molecule has 0 atom stereocenters. The zero-order chi connectivity index (χ0) is 18.3. The number of aromatic nitrogens is 1. The zero-order valence-corrected chi connectivity index (χ0v) is 19.0. The van der Waals surface area contributed by atoms with Gasteiger partial charge in [0.1, 0.15) is 6.54 Å². The minimum Gasteiger partial charge on any atom is -1.00 e. The third-order valence-electron chi connectivity index (χ3n) is 6.20. The molecule has 0 N–H and O–H groups in total. The van der Waals surface area contributed by atoms with E-state index in [0.717, 1.165) is 12.5 Å². The van der Waals surface area contributed by atoms with Crippen LogP contribution in [0, 0.1) is 5.92 Å². The average Bonchev–Trinajstić information content (AvgIpc) is 2.74. The van der Waals surface area contributed by atoms with Gasteiger partial charge in [0, 0.05) is 23.4 Å². The first-order valence-corrected chi connectivity index (χ1v) is 10.9. The normalized spacial score (nSPS) is 14.7. The molecule has 0 aliphatic heterocycles. The van der Waals surface area contributed by atoms with E-state index in [9.17, 15) is 0 Å². The fourth-order valence-corrected chi connectivity index (χ4v) is 4.65. The Hall–Kier alpha value is -1.42. The molecular weight excluding hydrogens is 453 g/mol. The van der Waals surface area contributed by atoms with Crippen LogP contribution in [0.4, 0.5) is 0 Å². The molecule has 2 aromatic carbocycles. The maximum absolute atomic E-state index is 2.47. The fourth-order valence-electron chi connectivity index (χ4n) is 4.65. The average molecular weight is 485 g/mol. The molecule has 1 fully saturated rings. The molecule has 28 heavy (non-hydrogen) atoms. The van der Waals surface area contributed by atoms with Crippen LogP contribution in [-0.4, -0.2) is 0 Å². The molecule has 1 aliphatic carbocycles. The highest BCUT2D eigenvalue weighted by Gasteiger charge is 2.14. The molecule has 0 radical (unpaired) electrons. The van der Waals surface area contributed by atoms with Crippen molar-refractivity contribution in [3.8, 4) is 11.1 Å². The van der Waals surface area contributed by atoms with Gasteiger partial charge in [-0.2, -0.15) is 4.57 Å². The Morgan fingerprint density at radius 3 is 2.32 bits per heavy atom. The topological polar surface area (TPSA) is 3.88 Å². The molecule has 1 nitrogen and oxygen atoms in total. The van der Waals surface area contributed by atoms with E-state index in [1.54, 1.807) is 0 Å². The van der Waals surface area contributed by atoms with E-state index in [1.165, 1.54) is 79.8 Å².